The van der Waals surface area contributed by atoms with E-state index < -0.39 is 50.0 Å². The molecule has 1 aliphatic heterocycles. The molecule has 0 radical (unpaired) electrons. The molecule has 7 aromatic carbocycles. The summed E-state index contributed by atoms with van der Waals surface area (Å²) in [6.45, 7) is 18.2. The van der Waals surface area contributed by atoms with Crippen molar-refractivity contribution in [2.45, 2.75) is 201 Å². The summed E-state index contributed by atoms with van der Waals surface area (Å²) in [4.78, 5) is 46.1. The number of methoxy groups -OCH3 is 3. The van der Waals surface area contributed by atoms with E-state index >= 15 is 0 Å². The number of pyridine rings is 3. The first-order valence-corrected chi connectivity index (χ1v) is 50.7. The second kappa shape index (κ2) is 47.8. The highest BCUT2D eigenvalue weighted by molar-refractivity contribution is 9.10. The summed E-state index contributed by atoms with van der Waals surface area (Å²) in [6, 6.07) is 47.0. The van der Waals surface area contributed by atoms with Gasteiger partial charge in [0.1, 0.15) is 0 Å². The maximum Gasteiger partial charge on any atom is 0.500 e. The van der Waals surface area contributed by atoms with Gasteiger partial charge in [0.15, 0.2) is 19.7 Å². The van der Waals surface area contributed by atoms with Crippen molar-refractivity contribution < 1.29 is 57.9 Å². The number of hydrogen-bond acceptors (Lipinski definition) is 27. The lowest BCUT2D eigenvalue weighted by Gasteiger charge is -2.32. The maximum absolute atomic E-state index is 13.5. The number of benzene rings is 7. The zero-order chi connectivity index (χ0) is 97.8. The number of anilines is 2. The Labute approximate surface area is 820 Å². The van der Waals surface area contributed by atoms with Crippen LogP contribution >= 0.6 is 66.7 Å². The van der Waals surface area contributed by atoms with Gasteiger partial charge in [0.2, 0.25) is 29.5 Å². The molecule has 1 unspecified atom stereocenters. The van der Waals surface area contributed by atoms with Crippen LogP contribution < -0.4 is 47.9 Å². The van der Waals surface area contributed by atoms with Gasteiger partial charge in [0, 0.05) is 107 Å². The Kier molecular flexibility index (Phi) is 37.3. The summed E-state index contributed by atoms with van der Waals surface area (Å²) < 4.78 is 129. The van der Waals surface area contributed by atoms with E-state index in [0.717, 1.165) is 151 Å². The largest absolute Gasteiger partial charge is 0.768 e. The molecule has 712 valence electrons. The van der Waals surface area contributed by atoms with Gasteiger partial charge in [-0.25, -0.2) is 71.7 Å². The zero-order valence-corrected chi connectivity index (χ0v) is 84.6. The quantitative estimate of drug-likeness (QED) is 0.0285. The third kappa shape index (κ3) is 27.9. The van der Waals surface area contributed by atoms with Crippen molar-refractivity contribution in [3.63, 3.8) is 0 Å². The van der Waals surface area contributed by atoms with Gasteiger partial charge in [-0.2, -0.15) is 8.78 Å². The molecule has 3 fully saturated rings. The number of nitrogens with zero attached hydrogens (tertiary/aromatic N) is 11. The second-order valence-corrected chi connectivity index (χ2v) is 41.0. The first kappa shape index (κ1) is 105. The molecule has 38 heteroatoms. The Bertz CT molecular complexity index is 6690. The van der Waals surface area contributed by atoms with E-state index in [1.54, 1.807) is 74.0 Å². The van der Waals surface area contributed by atoms with Crippen molar-refractivity contribution in [2.24, 2.45) is 17.2 Å². The lowest BCUT2D eigenvalue weighted by atomic mass is 9.79. The summed E-state index contributed by atoms with van der Waals surface area (Å²) in [5.74, 6) is 1.54. The average Bonchev–Trinajstić information content (AvgIpc) is 1.64. The van der Waals surface area contributed by atoms with Crippen molar-refractivity contribution in [3.8, 4) is 39.9 Å². The fourth-order valence-corrected chi connectivity index (χ4v) is 20.5. The molecule has 27 nitrogen and oxygen atoms in total. The standard InChI is InChI=1S/C29H32ClN5O3S.C23H19ClFN3O3S.C13H20BNO3.C10H8BrFN2.C10H10BrN3.C6H5ClO2S.C6H14N2/c1-3-18-14-19(15-20-16-32-29(35-27(18)20)34-22-10-8-21(31)9-11-22)24-13-12-23(33-28(24)38-2)17-39(36,37)26-7-5-4-6-25(26)30;1-3-14-10-15(11-16-12-26-23(25)28-21(14)16)18-9-8-17(27-22(18)31-2)13-32(29,30)20-7-5-4-6-19(20)24;1-9-7-8-10(11(15-9)16-6)14-17-12(2,3)13(4,5)18-14;2*1-2-6-3-8(11)4-7-5-13-10(12)14-9(6)7;7-5-3-1-2-4-6(5)10(8)9;7-5-1-2-6(8)4-3-5/h4-7,12-16,21-22H,3,8-11,17,31H2,1-2H3,(H,32,34,35);4-12H,3,13H2,1-2H3;7-8H,1-6H3;3-5H,2H2,1H3;3-5H,2H2,1H3,(H2,12,13,14);1-4H,(H,8,9);5-6H,1-4,7-8H2/p-1. The van der Waals surface area contributed by atoms with E-state index in [2.05, 4.69) is 113 Å². The summed E-state index contributed by atoms with van der Waals surface area (Å²) in [5.41, 5.74) is 35.0. The highest BCUT2D eigenvalue weighted by Crippen LogP contribution is 2.40. The molecular weight excluding hydrogens is 1980 g/mol. The highest BCUT2D eigenvalue weighted by Gasteiger charge is 2.53. The van der Waals surface area contributed by atoms with Crippen molar-refractivity contribution in [1.82, 2.24) is 54.8 Å². The lowest BCUT2D eigenvalue weighted by molar-refractivity contribution is 0.00578. The second-order valence-electron chi connectivity index (χ2n) is 33.1. The van der Waals surface area contributed by atoms with Crippen molar-refractivity contribution >= 4 is 166 Å². The van der Waals surface area contributed by atoms with Crippen molar-refractivity contribution in [3.05, 3.63) is 258 Å². The van der Waals surface area contributed by atoms with Gasteiger partial charge in [0.25, 0.3) is 0 Å². The first-order chi connectivity index (χ1) is 64.3. The van der Waals surface area contributed by atoms with E-state index in [-0.39, 0.29) is 64.4 Å². The van der Waals surface area contributed by atoms with Gasteiger partial charge < -0.3 is 56.3 Å². The van der Waals surface area contributed by atoms with Gasteiger partial charge in [-0.1, -0.05) is 137 Å². The SMILES string of the molecule is CCc1cc(-c2ccc(CS(=O)(=O)c3ccccc3Cl)nc2OC)cc2cnc(F)nc12.CCc1cc(-c2ccc(CS(=O)(=O)c3ccccc3Cl)nc2OC)cc2cnc(NC3CCC(N)CC3)nc12.CCc1cc(Br)cc2cnc(F)nc12.CCc1cc(Br)cc2cnc(N)nc12.COc1nc(C)ccc1B1OC(C)(C)C(C)(C)O1.NC1CCC(N)CC1.O=S([O-])c1ccccc1Cl. The number of rotatable bonds is 19. The number of aromatic nitrogens is 11. The normalized spacial score (nSPS) is 16.2. The van der Waals surface area contributed by atoms with E-state index in [0.29, 0.717) is 81.6 Å². The molecule has 0 bridgehead atoms. The van der Waals surface area contributed by atoms with Crippen LogP contribution in [0.1, 0.15) is 146 Å². The number of sulfone groups is 2. The minimum atomic E-state index is -3.69. The molecule has 17 rings (SSSR count). The predicted octanol–water partition coefficient (Wildman–Crippen LogP) is 19.7. The van der Waals surface area contributed by atoms with Crippen LogP contribution in [0.15, 0.2) is 206 Å². The van der Waals surface area contributed by atoms with Gasteiger partial charge in [-0.15, -0.1) is 0 Å². The fraction of sp³-hybridized carbons (Fsp3) is 0.330. The Morgan fingerprint density at radius 3 is 1.29 bits per heavy atom. The molecule has 1 atom stereocenters. The molecule has 8 heterocycles. The summed E-state index contributed by atoms with van der Waals surface area (Å²) in [5, 5.41) is 7.57. The summed E-state index contributed by atoms with van der Waals surface area (Å²) >= 11 is 22.4. The molecule has 135 heavy (non-hydrogen) atoms. The number of ether oxygens (including phenoxy) is 3. The summed E-state index contributed by atoms with van der Waals surface area (Å²) in [6.07, 6.45) is 16.8. The third-order valence-corrected chi connectivity index (χ3v) is 29.4. The molecule has 9 N–H and O–H groups in total. The van der Waals surface area contributed by atoms with E-state index in [4.69, 9.17) is 86.2 Å². The molecule has 0 spiro atoms. The summed E-state index contributed by atoms with van der Waals surface area (Å²) in [7, 11) is -3.20. The Balaban J connectivity index is 0.000000162. The molecule has 1 saturated heterocycles. The topological polar surface area (TPSA) is 412 Å². The van der Waals surface area contributed by atoms with Crippen LogP contribution in [-0.4, -0.2) is 144 Å². The van der Waals surface area contributed by atoms with E-state index in [1.165, 1.54) is 62.5 Å². The van der Waals surface area contributed by atoms with Crippen LogP contribution in [0.25, 0.3) is 65.9 Å². The number of nitrogen functional groups attached to an aromatic ring is 1. The number of hydrogen-bond donors (Lipinski definition) is 5. The number of nitrogens with two attached hydrogens (primary N) is 4. The van der Waals surface area contributed by atoms with Crippen LogP contribution in [0.5, 0.6) is 17.6 Å². The van der Waals surface area contributed by atoms with E-state index in [1.807, 2.05) is 109 Å². The minimum Gasteiger partial charge on any atom is -0.768 e. The zero-order valence-electron chi connectivity index (χ0n) is 76.7. The Morgan fingerprint density at radius 2 is 0.874 bits per heavy atom. The van der Waals surface area contributed by atoms with Crippen LogP contribution in [0.4, 0.5) is 20.7 Å². The molecule has 3 aliphatic rings. The average molecular weight is 2080 g/mol. The molecule has 2 aliphatic carbocycles. The Morgan fingerprint density at radius 1 is 0.489 bits per heavy atom. The number of nitrogens with one attached hydrogen (secondary N) is 1. The Hall–Kier alpha value is -10.1. The van der Waals surface area contributed by atoms with Crippen LogP contribution in [0.3, 0.4) is 0 Å². The number of halogens is 7. The smallest absolute Gasteiger partial charge is 0.500 e. The van der Waals surface area contributed by atoms with E-state index in [9.17, 15) is 34.4 Å². The molecule has 14 aromatic rings. The van der Waals surface area contributed by atoms with Gasteiger partial charge in [-0.05, 0) is 271 Å². The predicted molar refractivity (Wildman–Crippen MR) is 538 cm³/mol. The van der Waals surface area contributed by atoms with Crippen LogP contribution in [0.2, 0.25) is 15.1 Å². The first-order valence-electron chi connectivity index (χ1n) is 43.6. The number of aryl methyl sites for hydroxylation is 5. The molecule has 7 aromatic heterocycles. The molecule has 2 saturated carbocycles. The van der Waals surface area contributed by atoms with Crippen LogP contribution in [-0.2, 0) is 77.3 Å². The van der Waals surface area contributed by atoms with Crippen LogP contribution in [0, 0.1) is 19.1 Å². The molecular formula is C97H107BBr2Cl3F2N16O11S3-. The van der Waals surface area contributed by atoms with Gasteiger partial charge >= 0.3 is 19.3 Å². The fourth-order valence-electron chi connectivity index (χ4n) is 15.1. The third-order valence-electron chi connectivity index (χ3n) is 23.0. The lowest BCUT2D eigenvalue weighted by Crippen LogP contribution is -2.41. The minimum absolute atomic E-state index is 0.0564. The van der Waals surface area contributed by atoms with Crippen molar-refractivity contribution in [2.75, 3.05) is 32.4 Å². The molecule has 0 amide bonds. The highest BCUT2D eigenvalue weighted by atomic mass is 79.9. The maximum atomic E-state index is 13.5. The van der Waals surface area contributed by atoms with Crippen molar-refractivity contribution in [1.29, 1.82) is 0 Å². The monoisotopic (exact) mass is 2080 g/mol. The number of fused-ring (bicyclic) bond motifs is 4. The van der Waals surface area contributed by atoms with Gasteiger partial charge in [0.05, 0.1) is 102 Å². The van der Waals surface area contributed by atoms with Gasteiger partial charge in [-0.3, -0.25) is 4.21 Å².